The van der Waals surface area contributed by atoms with Gasteiger partial charge in [-0.2, -0.15) is 0 Å². The van der Waals surface area contributed by atoms with E-state index in [0.29, 0.717) is 35.6 Å². The number of hydrogen-bond donors (Lipinski definition) is 1. The molecule has 0 saturated heterocycles. The van der Waals surface area contributed by atoms with E-state index in [0.717, 1.165) is 29.7 Å². The first-order valence-corrected chi connectivity index (χ1v) is 10.7. The standard InChI is InChI=1S/C22H24N2O4S/c1-13(25)24-10-9-17-18(12-24)29-21(19(17)22(27)28-2)23-20(26)16-8-7-14-5-3-4-6-15(14)11-16/h7-8,11H,3-6,9-10,12H2,1-2H3,(H,23,26). The van der Waals surface area contributed by atoms with E-state index in [-0.39, 0.29) is 11.8 Å². The second-order valence-electron chi connectivity index (χ2n) is 7.53. The molecule has 2 amide bonds. The average molecular weight is 413 g/mol. The highest BCUT2D eigenvalue weighted by molar-refractivity contribution is 7.17. The summed E-state index contributed by atoms with van der Waals surface area (Å²) < 4.78 is 4.97. The van der Waals surface area contributed by atoms with Gasteiger partial charge < -0.3 is 15.0 Å². The molecule has 0 bridgehead atoms. The topological polar surface area (TPSA) is 75.7 Å². The molecule has 0 fully saturated rings. The second kappa shape index (κ2) is 7.99. The number of methoxy groups -OCH3 is 1. The van der Waals surface area contributed by atoms with Gasteiger partial charge in [-0.3, -0.25) is 9.59 Å². The van der Waals surface area contributed by atoms with Crippen LogP contribution in [-0.4, -0.2) is 36.3 Å². The number of amides is 2. The number of esters is 1. The third kappa shape index (κ3) is 3.79. The van der Waals surface area contributed by atoms with Crippen LogP contribution < -0.4 is 5.32 Å². The van der Waals surface area contributed by atoms with E-state index in [2.05, 4.69) is 5.32 Å². The van der Waals surface area contributed by atoms with Crippen molar-refractivity contribution in [2.75, 3.05) is 19.0 Å². The lowest BCUT2D eigenvalue weighted by Gasteiger charge is -2.25. The number of ether oxygens (including phenoxy) is 1. The Balaban J connectivity index is 1.63. The molecule has 2 heterocycles. The van der Waals surface area contributed by atoms with Crippen molar-refractivity contribution in [1.29, 1.82) is 0 Å². The van der Waals surface area contributed by atoms with Crippen molar-refractivity contribution in [2.24, 2.45) is 0 Å². The summed E-state index contributed by atoms with van der Waals surface area (Å²) in [6, 6.07) is 5.85. The van der Waals surface area contributed by atoms with Gasteiger partial charge >= 0.3 is 5.97 Å². The minimum Gasteiger partial charge on any atom is -0.465 e. The SMILES string of the molecule is COC(=O)c1c(NC(=O)c2ccc3c(c2)CCCC3)sc2c1CCN(C(C)=O)C2. The Kier molecular flexibility index (Phi) is 5.41. The van der Waals surface area contributed by atoms with Gasteiger partial charge in [-0.1, -0.05) is 6.07 Å². The van der Waals surface area contributed by atoms with Gasteiger partial charge in [-0.15, -0.1) is 11.3 Å². The quantitative estimate of drug-likeness (QED) is 0.782. The summed E-state index contributed by atoms with van der Waals surface area (Å²) >= 11 is 1.35. The molecule has 4 rings (SSSR count). The molecule has 1 aromatic carbocycles. The number of carbonyl (C=O) groups is 3. The molecular formula is C22H24N2O4S. The first-order chi connectivity index (χ1) is 14.0. The lowest BCUT2D eigenvalue weighted by molar-refractivity contribution is -0.129. The molecule has 1 N–H and O–H groups in total. The Labute approximate surface area is 173 Å². The molecule has 0 saturated carbocycles. The lowest BCUT2D eigenvalue weighted by Crippen LogP contribution is -2.33. The number of nitrogens with one attached hydrogen (secondary N) is 1. The predicted octanol–water partition coefficient (Wildman–Crippen LogP) is 3.57. The van der Waals surface area contributed by atoms with Gasteiger partial charge in [0.05, 0.1) is 19.2 Å². The van der Waals surface area contributed by atoms with Crippen LogP contribution in [0.25, 0.3) is 0 Å². The van der Waals surface area contributed by atoms with Crippen LogP contribution in [-0.2, 0) is 35.3 Å². The Morgan fingerprint density at radius 1 is 1.10 bits per heavy atom. The van der Waals surface area contributed by atoms with E-state index in [9.17, 15) is 14.4 Å². The highest BCUT2D eigenvalue weighted by Gasteiger charge is 2.30. The maximum atomic E-state index is 12.9. The van der Waals surface area contributed by atoms with Gasteiger partial charge in [-0.05, 0) is 60.9 Å². The lowest BCUT2D eigenvalue weighted by atomic mass is 9.90. The molecule has 2 aliphatic rings. The van der Waals surface area contributed by atoms with Gasteiger partial charge in [-0.25, -0.2) is 4.79 Å². The largest absolute Gasteiger partial charge is 0.465 e. The molecule has 152 valence electrons. The van der Waals surface area contributed by atoms with Crippen LogP contribution in [0.5, 0.6) is 0 Å². The molecule has 1 aliphatic heterocycles. The van der Waals surface area contributed by atoms with Crippen molar-refractivity contribution < 1.29 is 19.1 Å². The molecular weight excluding hydrogens is 388 g/mol. The summed E-state index contributed by atoms with van der Waals surface area (Å²) in [5.41, 5.74) is 4.44. The van der Waals surface area contributed by atoms with E-state index in [1.54, 1.807) is 11.8 Å². The Hall–Kier alpha value is -2.67. The molecule has 1 aromatic heterocycles. The molecule has 0 atom stereocenters. The van der Waals surface area contributed by atoms with Crippen LogP contribution in [0.15, 0.2) is 18.2 Å². The fourth-order valence-electron chi connectivity index (χ4n) is 4.13. The molecule has 1 aliphatic carbocycles. The van der Waals surface area contributed by atoms with Crippen molar-refractivity contribution in [1.82, 2.24) is 4.90 Å². The molecule has 6 nitrogen and oxygen atoms in total. The van der Waals surface area contributed by atoms with Gasteiger partial charge in [0, 0.05) is 23.9 Å². The summed E-state index contributed by atoms with van der Waals surface area (Å²) in [5, 5.41) is 3.42. The maximum Gasteiger partial charge on any atom is 0.341 e. The Morgan fingerprint density at radius 2 is 1.86 bits per heavy atom. The van der Waals surface area contributed by atoms with Crippen LogP contribution >= 0.6 is 11.3 Å². The first kappa shape index (κ1) is 19.6. The number of aryl methyl sites for hydroxylation is 2. The summed E-state index contributed by atoms with van der Waals surface area (Å²) in [4.78, 5) is 39.8. The third-order valence-electron chi connectivity index (χ3n) is 5.73. The monoisotopic (exact) mass is 412 g/mol. The predicted molar refractivity (Wildman–Crippen MR) is 111 cm³/mol. The van der Waals surface area contributed by atoms with E-state index in [1.165, 1.54) is 36.0 Å². The normalized spacial score (nSPS) is 15.3. The van der Waals surface area contributed by atoms with Gasteiger partial charge in [0.15, 0.2) is 0 Å². The Bertz CT molecular complexity index is 995. The van der Waals surface area contributed by atoms with Crippen LogP contribution in [0.3, 0.4) is 0 Å². The minimum atomic E-state index is -0.459. The number of anilines is 1. The van der Waals surface area contributed by atoms with Gasteiger partial charge in [0.2, 0.25) is 5.91 Å². The molecule has 29 heavy (non-hydrogen) atoms. The van der Waals surface area contributed by atoms with E-state index in [1.807, 2.05) is 18.2 Å². The first-order valence-electron chi connectivity index (χ1n) is 9.89. The van der Waals surface area contributed by atoms with Gasteiger partial charge in [0.25, 0.3) is 5.91 Å². The fraction of sp³-hybridized carbons (Fsp3) is 0.409. The zero-order valence-electron chi connectivity index (χ0n) is 16.7. The van der Waals surface area contributed by atoms with Crippen molar-refractivity contribution >= 4 is 34.1 Å². The summed E-state index contributed by atoms with van der Waals surface area (Å²) in [6.45, 7) is 2.55. The zero-order valence-corrected chi connectivity index (χ0v) is 17.5. The zero-order chi connectivity index (χ0) is 20.5. The number of benzene rings is 1. The number of rotatable bonds is 3. The van der Waals surface area contributed by atoms with Crippen molar-refractivity contribution in [3.8, 4) is 0 Å². The number of fused-ring (bicyclic) bond motifs is 2. The third-order valence-corrected chi connectivity index (χ3v) is 6.86. The number of thiophene rings is 1. The van der Waals surface area contributed by atoms with E-state index < -0.39 is 5.97 Å². The summed E-state index contributed by atoms with van der Waals surface area (Å²) in [7, 11) is 1.34. The number of hydrogen-bond acceptors (Lipinski definition) is 5. The van der Waals surface area contributed by atoms with Crippen LogP contribution in [0.4, 0.5) is 5.00 Å². The number of carbonyl (C=O) groups excluding carboxylic acids is 3. The second-order valence-corrected chi connectivity index (χ2v) is 8.64. The molecule has 2 aromatic rings. The highest BCUT2D eigenvalue weighted by atomic mass is 32.1. The molecule has 7 heteroatoms. The van der Waals surface area contributed by atoms with Crippen LogP contribution in [0, 0.1) is 0 Å². The number of nitrogens with zero attached hydrogens (tertiary/aromatic N) is 1. The fourth-order valence-corrected chi connectivity index (χ4v) is 5.37. The van der Waals surface area contributed by atoms with Gasteiger partial charge in [0.1, 0.15) is 5.00 Å². The van der Waals surface area contributed by atoms with Crippen LogP contribution in [0.2, 0.25) is 0 Å². The average Bonchev–Trinajstić information content (AvgIpc) is 3.09. The van der Waals surface area contributed by atoms with E-state index >= 15 is 0 Å². The highest BCUT2D eigenvalue weighted by Crippen LogP contribution is 2.38. The Morgan fingerprint density at radius 3 is 2.59 bits per heavy atom. The maximum absolute atomic E-state index is 12.9. The summed E-state index contributed by atoms with van der Waals surface area (Å²) in [5.74, 6) is -0.687. The molecule has 0 unspecified atom stereocenters. The van der Waals surface area contributed by atoms with Crippen molar-refractivity contribution in [3.63, 3.8) is 0 Å². The molecule has 0 spiro atoms. The van der Waals surface area contributed by atoms with Crippen LogP contribution in [0.1, 0.15) is 62.0 Å². The minimum absolute atomic E-state index is 0.00307. The smallest absolute Gasteiger partial charge is 0.341 e. The van der Waals surface area contributed by atoms with E-state index in [4.69, 9.17) is 4.74 Å². The molecule has 0 radical (unpaired) electrons. The van der Waals surface area contributed by atoms with Crippen molar-refractivity contribution in [3.05, 3.63) is 50.9 Å². The summed E-state index contributed by atoms with van der Waals surface area (Å²) in [6.07, 6.45) is 4.98. The van der Waals surface area contributed by atoms with Crippen molar-refractivity contribution in [2.45, 2.75) is 45.6 Å².